The van der Waals surface area contributed by atoms with E-state index in [1.54, 1.807) is 6.07 Å². The zero-order valence-electron chi connectivity index (χ0n) is 10.5. The molecule has 1 aromatic carbocycles. The van der Waals surface area contributed by atoms with E-state index in [9.17, 15) is 9.18 Å². The molecule has 0 radical (unpaired) electrons. The Morgan fingerprint density at radius 2 is 2.22 bits per heavy atom. The molecule has 0 aliphatic rings. The number of carbonyl (C=O) groups is 1. The normalized spacial score (nSPS) is 11.2. The Kier molecular flexibility index (Phi) is 5.86. The second kappa shape index (κ2) is 7.17. The Labute approximate surface area is 112 Å². The van der Waals surface area contributed by atoms with E-state index in [1.165, 1.54) is 24.3 Å². The van der Waals surface area contributed by atoms with Gasteiger partial charge in [0.25, 0.3) is 0 Å². The van der Waals surface area contributed by atoms with Gasteiger partial charge in [0.15, 0.2) is 0 Å². The molecule has 0 fully saturated rings. The first kappa shape index (κ1) is 14.7. The van der Waals surface area contributed by atoms with Gasteiger partial charge in [-0.15, -0.1) is 0 Å². The molecule has 1 amide bonds. The smallest absolute Gasteiger partial charge is 0.244 e. The highest BCUT2D eigenvalue weighted by molar-refractivity contribution is 6.32. The summed E-state index contributed by atoms with van der Waals surface area (Å²) in [4.78, 5) is 11.5. The largest absolute Gasteiger partial charge is 0.353 e. The molecule has 1 rings (SSSR count). The second-order valence-electron chi connectivity index (χ2n) is 4.44. The van der Waals surface area contributed by atoms with Crippen LogP contribution in [0.15, 0.2) is 24.3 Å². The molecule has 4 heteroatoms. The van der Waals surface area contributed by atoms with E-state index in [1.807, 2.05) is 0 Å². The van der Waals surface area contributed by atoms with Gasteiger partial charge in [0.2, 0.25) is 5.91 Å². The Balaban J connectivity index is 2.56. The average molecular weight is 270 g/mol. The summed E-state index contributed by atoms with van der Waals surface area (Å²) in [5.74, 6) is -0.140. The van der Waals surface area contributed by atoms with E-state index in [4.69, 9.17) is 11.6 Å². The quantitative estimate of drug-likeness (QED) is 0.812. The molecule has 1 aromatic rings. The van der Waals surface area contributed by atoms with E-state index in [0.717, 1.165) is 6.42 Å². The third-order valence-corrected chi connectivity index (χ3v) is 2.75. The first-order valence-electron chi connectivity index (χ1n) is 5.90. The summed E-state index contributed by atoms with van der Waals surface area (Å²) in [7, 11) is 0. The second-order valence-corrected chi connectivity index (χ2v) is 4.85. The van der Waals surface area contributed by atoms with Crippen molar-refractivity contribution in [2.75, 3.05) is 6.54 Å². The summed E-state index contributed by atoms with van der Waals surface area (Å²) in [6.07, 6.45) is 3.60. The van der Waals surface area contributed by atoms with Crippen LogP contribution in [0, 0.1) is 11.7 Å². The van der Waals surface area contributed by atoms with Crippen LogP contribution in [0.1, 0.15) is 25.8 Å². The first-order valence-corrected chi connectivity index (χ1v) is 6.28. The van der Waals surface area contributed by atoms with Crippen LogP contribution in [-0.4, -0.2) is 12.5 Å². The van der Waals surface area contributed by atoms with E-state index in [-0.39, 0.29) is 11.5 Å². The van der Waals surface area contributed by atoms with Crippen LogP contribution in [-0.2, 0) is 4.79 Å². The van der Waals surface area contributed by atoms with Crippen molar-refractivity contribution in [2.24, 2.45) is 5.92 Å². The van der Waals surface area contributed by atoms with Gasteiger partial charge in [0, 0.05) is 18.2 Å². The number of benzene rings is 1. The Bertz CT molecular complexity index is 423. The monoisotopic (exact) mass is 269 g/mol. The summed E-state index contributed by atoms with van der Waals surface area (Å²) in [6.45, 7) is 4.79. The predicted molar refractivity (Wildman–Crippen MR) is 72.9 cm³/mol. The molecule has 98 valence electrons. The van der Waals surface area contributed by atoms with Crippen molar-refractivity contribution in [1.82, 2.24) is 5.32 Å². The summed E-state index contributed by atoms with van der Waals surface area (Å²) >= 11 is 5.84. The maximum Gasteiger partial charge on any atom is 0.244 e. The van der Waals surface area contributed by atoms with Crippen molar-refractivity contribution in [3.63, 3.8) is 0 Å². The highest BCUT2D eigenvalue weighted by Gasteiger charge is 2.03. The minimum absolute atomic E-state index is 0.234. The summed E-state index contributed by atoms with van der Waals surface area (Å²) in [6, 6.07) is 4.42. The molecule has 0 aliphatic heterocycles. The lowest BCUT2D eigenvalue weighted by Gasteiger charge is -2.04. The molecule has 0 unspecified atom stereocenters. The van der Waals surface area contributed by atoms with Crippen LogP contribution >= 0.6 is 11.6 Å². The first-order chi connectivity index (χ1) is 8.50. The summed E-state index contributed by atoms with van der Waals surface area (Å²) < 4.78 is 13.4. The molecule has 0 saturated carbocycles. The third-order valence-electron chi connectivity index (χ3n) is 2.42. The van der Waals surface area contributed by atoms with Crippen LogP contribution in [0.25, 0.3) is 6.08 Å². The van der Waals surface area contributed by atoms with E-state index >= 15 is 0 Å². The zero-order chi connectivity index (χ0) is 13.5. The van der Waals surface area contributed by atoms with Crippen LogP contribution in [0.4, 0.5) is 4.39 Å². The Hall–Kier alpha value is -1.35. The van der Waals surface area contributed by atoms with Crippen molar-refractivity contribution in [2.45, 2.75) is 20.3 Å². The van der Waals surface area contributed by atoms with Crippen LogP contribution in [0.5, 0.6) is 0 Å². The van der Waals surface area contributed by atoms with Crippen molar-refractivity contribution < 1.29 is 9.18 Å². The SMILES string of the molecule is CC(C)CCNC(=O)/C=C/c1c(F)cccc1Cl. The van der Waals surface area contributed by atoms with Gasteiger partial charge < -0.3 is 5.32 Å². The van der Waals surface area contributed by atoms with Gasteiger partial charge in [0.1, 0.15) is 5.82 Å². The molecule has 0 bridgehead atoms. The fraction of sp³-hybridized carbons (Fsp3) is 0.357. The molecule has 1 N–H and O–H groups in total. The number of carbonyl (C=O) groups excluding carboxylic acids is 1. The van der Waals surface area contributed by atoms with Gasteiger partial charge >= 0.3 is 0 Å². The fourth-order valence-corrected chi connectivity index (χ4v) is 1.60. The fourth-order valence-electron chi connectivity index (χ4n) is 1.37. The molecule has 0 heterocycles. The number of hydrogen-bond donors (Lipinski definition) is 1. The molecule has 2 nitrogen and oxygen atoms in total. The topological polar surface area (TPSA) is 29.1 Å². The molecule has 0 aliphatic carbocycles. The predicted octanol–water partition coefficient (Wildman–Crippen LogP) is 3.65. The van der Waals surface area contributed by atoms with E-state index in [2.05, 4.69) is 19.2 Å². The molecular weight excluding hydrogens is 253 g/mol. The lowest BCUT2D eigenvalue weighted by atomic mass is 10.1. The standard InChI is InChI=1S/C14H17ClFNO/c1-10(2)8-9-17-14(18)7-6-11-12(15)4-3-5-13(11)16/h3-7,10H,8-9H2,1-2H3,(H,17,18)/b7-6+. The number of amides is 1. The van der Waals surface area contributed by atoms with Crippen LogP contribution in [0.2, 0.25) is 5.02 Å². The molecule has 0 spiro atoms. The van der Waals surface area contributed by atoms with Crippen molar-refractivity contribution in [1.29, 1.82) is 0 Å². The van der Waals surface area contributed by atoms with Crippen molar-refractivity contribution in [3.05, 3.63) is 40.7 Å². The highest BCUT2D eigenvalue weighted by Crippen LogP contribution is 2.20. The van der Waals surface area contributed by atoms with Crippen molar-refractivity contribution in [3.8, 4) is 0 Å². The zero-order valence-corrected chi connectivity index (χ0v) is 11.3. The van der Waals surface area contributed by atoms with Gasteiger partial charge in [-0.25, -0.2) is 4.39 Å². The lowest BCUT2D eigenvalue weighted by molar-refractivity contribution is -0.116. The molecule has 18 heavy (non-hydrogen) atoms. The third kappa shape index (κ3) is 4.88. The van der Waals surface area contributed by atoms with Crippen LogP contribution in [0.3, 0.4) is 0 Å². The number of rotatable bonds is 5. The van der Waals surface area contributed by atoms with Crippen LogP contribution < -0.4 is 5.32 Å². The Morgan fingerprint density at radius 1 is 1.50 bits per heavy atom. The molecule has 0 aromatic heterocycles. The number of nitrogens with one attached hydrogen (secondary N) is 1. The number of hydrogen-bond acceptors (Lipinski definition) is 1. The highest BCUT2D eigenvalue weighted by atomic mass is 35.5. The molecule has 0 saturated heterocycles. The van der Waals surface area contributed by atoms with E-state index in [0.29, 0.717) is 17.5 Å². The molecular formula is C14H17ClFNO. The maximum atomic E-state index is 13.4. The van der Waals surface area contributed by atoms with Gasteiger partial charge in [-0.05, 0) is 30.5 Å². The minimum Gasteiger partial charge on any atom is -0.353 e. The van der Waals surface area contributed by atoms with Crippen molar-refractivity contribution >= 4 is 23.6 Å². The minimum atomic E-state index is -0.436. The molecule has 0 atom stereocenters. The van der Waals surface area contributed by atoms with E-state index < -0.39 is 5.82 Å². The van der Waals surface area contributed by atoms with Gasteiger partial charge in [-0.2, -0.15) is 0 Å². The summed E-state index contributed by atoms with van der Waals surface area (Å²) in [5, 5.41) is 3.02. The van der Waals surface area contributed by atoms with Gasteiger partial charge in [-0.1, -0.05) is 31.5 Å². The van der Waals surface area contributed by atoms with Gasteiger partial charge in [0.05, 0.1) is 5.02 Å². The average Bonchev–Trinajstić information content (AvgIpc) is 2.27. The Morgan fingerprint density at radius 3 is 2.83 bits per heavy atom. The number of halogens is 2. The lowest BCUT2D eigenvalue weighted by Crippen LogP contribution is -2.23. The summed E-state index contributed by atoms with van der Waals surface area (Å²) in [5.41, 5.74) is 0.234. The maximum absolute atomic E-state index is 13.4. The van der Waals surface area contributed by atoms with Gasteiger partial charge in [-0.3, -0.25) is 4.79 Å².